The van der Waals surface area contributed by atoms with E-state index in [0.29, 0.717) is 16.7 Å². The van der Waals surface area contributed by atoms with Gasteiger partial charge >= 0.3 is 0 Å². The summed E-state index contributed by atoms with van der Waals surface area (Å²) in [6.07, 6.45) is 5.20. The van der Waals surface area contributed by atoms with E-state index in [2.05, 4.69) is 6.92 Å². The van der Waals surface area contributed by atoms with Gasteiger partial charge in [0.1, 0.15) is 23.3 Å². The summed E-state index contributed by atoms with van der Waals surface area (Å²) in [4.78, 5) is 0. The first-order valence-electron chi connectivity index (χ1n) is 10.2. The van der Waals surface area contributed by atoms with Crippen molar-refractivity contribution in [3.63, 3.8) is 0 Å². The van der Waals surface area contributed by atoms with Gasteiger partial charge in [0, 0.05) is 5.56 Å². The lowest BCUT2D eigenvalue weighted by molar-refractivity contribution is 0.576. The van der Waals surface area contributed by atoms with Crippen LogP contribution in [0.2, 0.25) is 0 Å². The predicted octanol–water partition coefficient (Wildman–Crippen LogP) is 7.43. The molecule has 0 N–H and O–H groups in total. The van der Waals surface area contributed by atoms with Crippen LogP contribution >= 0.6 is 0 Å². The largest absolute Gasteiger partial charge is 0.207 e. The first kappa shape index (κ1) is 20.4. The predicted molar refractivity (Wildman–Crippen MR) is 112 cm³/mol. The molecule has 3 aromatic rings. The maximum absolute atomic E-state index is 15.1. The molecule has 0 aliphatic heterocycles. The van der Waals surface area contributed by atoms with Crippen LogP contribution in [0.5, 0.6) is 0 Å². The average Bonchev–Trinajstić information content (AvgIpc) is 2.73. The Bertz CT molecular complexity index is 1110. The molecule has 4 heteroatoms. The van der Waals surface area contributed by atoms with Crippen LogP contribution in [0.3, 0.4) is 0 Å². The van der Waals surface area contributed by atoms with Crippen LogP contribution in [0.25, 0.3) is 16.7 Å². The lowest BCUT2D eigenvalue weighted by Crippen LogP contribution is -2.09. The van der Waals surface area contributed by atoms with Crippen molar-refractivity contribution in [2.75, 3.05) is 0 Å². The Morgan fingerprint density at radius 2 is 1.63 bits per heavy atom. The molecule has 0 unspecified atom stereocenters. The second-order valence-electron chi connectivity index (χ2n) is 7.72. The molecule has 0 saturated carbocycles. The molecule has 1 aliphatic rings. The summed E-state index contributed by atoms with van der Waals surface area (Å²) in [5.41, 5.74) is 3.22. The highest BCUT2D eigenvalue weighted by Crippen LogP contribution is 2.36. The van der Waals surface area contributed by atoms with E-state index in [9.17, 15) is 13.2 Å². The topological polar surface area (TPSA) is 0 Å². The van der Waals surface area contributed by atoms with Gasteiger partial charge in [-0.25, -0.2) is 17.6 Å². The monoisotopic (exact) mass is 410 g/mol. The van der Waals surface area contributed by atoms with Gasteiger partial charge in [-0.1, -0.05) is 43.7 Å². The summed E-state index contributed by atoms with van der Waals surface area (Å²) in [6, 6.07) is 11.6. The lowest BCUT2D eigenvalue weighted by Gasteiger charge is -2.21. The lowest BCUT2D eigenvalue weighted by atomic mass is 9.85. The van der Waals surface area contributed by atoms with Gasteiger partial charge in [-0.3, -0.25) is 0 Å². The van der Waals surface area contributed by atoms with E-state index in [1.165, 1.54) is 30.3 Å². The normalized spacial score (nSPS) is 13.2. The van der Waals surface area contributed by atoms with Crippen molar-refractivity contribution >= 4 is 5.57 Å². The quantitative estimate of drug-likeness (QED) is 0.384. The van der Waals surface area contributed by atoms with Gasteiger partial charge in [0.2, 0.25) is 0 Å². The average molecular weight is 410 g/mol. The molecule has 0 atom stereocenters. The third kappa shape index (κ3) is 3.91. The molecule has 4 rings (SSSR count). The molecule has 0 fully saturated rings. The molecule has 0 spiro atoms. The van der Waals surface area contributed by atoms with Crippen LogP contribution in [0, 0.1) is 23.3 Å². The zero-order chi connectivity index (χ0) is 21.3. The highest BCUT2D eigenvalue weighted by Gasteiger charge is 2.23. The Morgan fingerprint density at radius 1 is 0.867 bits per heavy atom. The third-order valence-corrected chi connectivity index (χ3v) is 5.68. The fraction of sp³-hybridized carbons (Fsp3) is 0.231. The number of halogens is 4. The molecule has 0 aromatic heterocycles. The van der Waals surface area contributed by atoms with Crippen molar-refractivity contribution in [1.29, 1.82) is 0 Å². The minimum Gasteiger partial charge on any atom is -0.207 e. The Morgan fingerprint density at radius 3 is 2.33 bits per heavy atom. The van der Waals surface area contributed by atoms with E-state index in [-0.39, 0.29) is 29.8 Å². The Kier molecular flexibility index (Phi) is 5.76. The smallest absolute Gasteiger partial charge is 0.137 e. The van der Waals surface area contributed by atoms with E-state index >= 15 is 4.39 Å². The van der Waals surface area contributed by atoms with Gasteiger partial charge < -0.3 is 0 Å². The summed E-state index contributed by atoms with van der Waals surface area (Å²) < 4.78 is 57.8. The fourth-order valence-corrected chi connectivity index (χ4v) is 4.03. The maximum Gasteiger partial charge on any atom is 0.137 e. The van der Waals surface area contributed by atoms with Gasteiger partial charge in [-0.15, -0.1) is 0 Å². The van der Waals surface area contributed by atoms with Crippen molar-refractivity contribution < 1.29 is 17.6 Å². The van der Waals surface area contributed by atoms with Crippen molar-refractivity contribution in [3.8, 4) is 11.1 Å². The second kappa shape index (κ2) is 8.47. The summed E-state index contributed by atoms with van der Waals surface area (Å²) in [5, 5.41) is 0. The molecule has 0 nitrogen and oxygen atoms in total. The zero-order valence-corrected chi connectivity index (χ0v) is 16.7. The summed E-state index contributed by atoms with van der Waals surface area (Å²) >= 11 is 0. The number of hydrogen-bond acceptors (Lipinski definition) is 0. The van der Waals surface area contributed by atoms with Gasteiger partial charge in [0.15, 0.2) is 0 Å². The van der Waals surface area contributed by atoms with Gasteiger partial charge in [-0.2, -0.15) is 0 Å². The number of unbranched alkanes of at least 4 members (excludes halogenated alkanes) is 1. The molecule has 30 heavy (non-hydrogen) atoms. The third-order valence-electron chi connectivity index (χ3n) is 5.68. The highest BCUT2D eigenvalue weighted by molar-refractivity contribution is 5.74. The van der Waals surface area contributed by atoms with Gasteiger partial charge in [-0.05, 0) is 77.8 Å². The van der Waals surface area contributed by atoms with E-state index in [1.54, 1.807) is 12.1 Å². The van der Waals surface area contributed by atoms with Crippen LogP contribution in [-0.4, -0.2) is 0 Å². The highest BCUT2D eigenvalue weighted by atomic mass is 19.1. The SMILES string of the molecule is CCCCc1ccc(C2=CCc3c(cc(F)c(-c4ccc(F)cc4)c3F)C2)c(F)c1. The Labute approximate surface area is 173 Å². The Hall–Kier alpha value is -2.88. The summed E-state index contributed by atoms with van der Waals surface area (Å²) in [5.74, 6) is -2.10. The number of allylic oxidation sites excluding steroid dienone is 2. The summed E-state index contributed by atoms with van der Waals surface area (Å²) in [6.45, 7) is 2.09. The van der Waals surface area contributed by atoms with Crippen LogP contribution in [0.15, 0.2) is 54.6 Å². The standard InChI is InChI=1S/C26H22F4/c1-2-3-4-16-5-11-21(23(28)13-16)18-8-12-22-19(14-18)15-24(29)25(26(22)30)17-6-9-20(27)10-7-17/h5-11,13,15H,2-4,12,14H2,1H3. The van der Waals surface area contributed by atoms with E-state index in [1.807, 2.05) is 12.1 Å². The van der Waals surface area contributed by atoms with Crippen LogP contribution in [0.4, 0.5) is 17.6 Å². The number of aryl methyl sites for hydroxylation is 1. The Balaban J connectivity index is 1.66. The minimum absolute atomic E-state index is 0.156. The van der Waals surface area contributed by atoms with Crippen LogP contribution in [0.1, 0.15) is 42.0 Å². The molecule has 0 heterocycles. The van der Waals surface area contributed by atoms with E-state index in [0.717, 1.165) is 30.4 Å². The number of hydrogen-bond donors (Lipinski definition) is 0. The molecule has 0 saturated heterocycles. The van der Waals surface area contributed by atoms with Crippen LogP contribution in [-0.2, 0) is 19.3 Å². The van der Waals surface area contributed by atoms with Gasteiger partial charge in [0.05, 0.1) is 5.56 Å². The number of rotatable bonds is 5. The second-order valence-corrected chi connectivity index (χ2v) is 7.72. The molecule has 1 aliphatic carbocycles. The van der Waals surface area contributed by atoms with Crippen molar-refractivity contribution in [3.05, 3.63) is 100 Å². The number of fused-ring (bicyclic) bond motifs is 1. The number of benzene rings is 3. The minimum atomic E-state index is -0.700. The molecule has 0 bridgehead atoms. The van der Waals surface area contributed by atoms with Crippen LogP contribution < -0.4 is 0 Å². The molecule has 0 amide bonds. The van der Waals surface area contributed by atoms with Gasteiger partial charge in [0.25, 0.3) is 0 Å². The molecular formula is C26H22F4. The van der Waals surface area contributed by atoms with E-state index < -0.39 is 17.5 Å². The van der Waals surface area contributed by atoms with Crippen molar-refractivity contribution in [2.45, 2.75) is 39.0 Å². The maximum atomic E-state index is 15.1. The fourth-order valence-electron chi connectivity index (χ4n) is 4.03. The van der Waals surface area contributed by atoms with Crippen molar-refractivity contribution in [1.82, 2.24) is 0 Å². The zero-order valence-electron chi connectivity index (χ0n) is 16.7. The molecule has 0 radical (unpaired) electrons. The molecule has 3 aromatic carbocycles. The van der Waals surface area contributed by atoms with Crippen molar-refractivity contribution in [2.24, 2.45) is 0 Å². The van der Waals surface area contributed by atoms with E-state index in [4.69, 9.17) is 0 Å². The first-order valence-corrected chi connectivity index (χ1v) is 10.2. The first-order chi connectivity index (χ1) is 14.5. The molecular weight excluding hydrogens is 388 g/mol. The summed E-state index contributed by atoms with van der Waals surface area (Å²) in [7, 11) is 0. The molecule has 154 valence electrons.